The summed E-state index contributed by atoms with van der Waals surface area (Å²) < 4.78 is 0. The normalized spacial score (nSPS) is 12.1. The lowest BCUT2D eigenvalue weighted by Gasteiger charge is -2.09. The molecule has 0 bridgehead atoms. The van der Waals surface area contributed by atoms with Gasteiger partial charge in [-0.25, -0.2) is 5.43 Å². The summed E-state index contributed by atoms with van der Waals surface area (Å²) >= 11 is 0. The zero-order valence-corrected chi connectivity index (χ0v) is 10.4. The van der Waals surface area contributed by atoms with E-state index in [1.807, 2.05) is 13.8 Å². The molecule has 0 aromatic carbocycles. The van der Waals surface area contributed by atoms with Gasteiger partial charge in [0.25, 0.3) is 0 Å². The Labute approximate surface area is 105 Å². The van der Waals surface area contributed by atoms with Crippen LogP contribution in [-0.4, -0.2) is 29.1 Å². The van der Waals surface area contributed by atoms with E-state index in [4.69, 9.17) is 0 Å². The van der Waals surface area contributed by atoms with Crippen LogP contribution in [0.3, 0.4) is 0 Å². The zero-order chi connectivity index (χ0) is 13.4. The Kier molecular flexibility index (Phi) is 5.50. The summed E-state index contributed by atoms with van der Waals surface area (Å²) in [5.41, 5.74) is 2.94. The lowest BCUT2D eigenvalue weighted by molar-refractivity contribution is -0.139. The van der Waals surface area contributed by atoms with E-state index in [1.165, 1.54) is 6.21 Å². The number of pyridine rings is 1. The molecule has 6 nitrogen and oxygen atoms in total. The van der Waals surface area contributed by atoms with Crippen LogP contribution in [0.25, 0.3) is 0 Å². The number of amides is 2. The van der Waals surface area contributed by atoms with Crippen LogP contribution in [0.1, 0.15) is 25.8 Å². The van der Waals surface area contributed by atoms with E-state index in [0.717, 1.165) is 12.0 Å². The second-order valence-corrected chi connectivity index (χ2v) is 3.76. The Morgan fingerprint density at radius 1 is 1.39 bits per heavy atom. The average Bonchev–Trinajstić information content (AvgIpc) is 2.39. The van der Waals surface area contributed by atoms with Crippen molar-refractivity contribution in [2.45, 2.75) is 26.3 Å². The van der Waals surface area contributed by atoms with Crippen LogP contribution in [0.15, 0.2) is 29.6 Å². The third-order valence-corrected chi connectivity index (χ3v) is 2.28. The van der Waals surface area contributed by atoms with Gasteiger partial charge in [0.1, 0.15) is 0 Å². The molecule has 96 valence electrons. The molecule has 1 atom stereocenters. The Morgan fingerprint density at radius 2 is 2.06 bits per heavy atom. The molecule has 2 amide bonds. The van der Waals surface area contributed by atoms with Crippen LogP contribution in [0.5, 0.6) is 0 Å². The number of nitrogens with one attached hydrogen (secondary N) is 2. The first-order valence-corrected chi connectivity index (χ1v) is 5.67. The summed E-state index contributed by atoms with van der Waals surface area (Å²) in [7, 11) is 0. The maximum Gasteiger partial charge on any atom is 0.329 e. The molecular weight excluding hydrogens is 232 g/mol. The van der Waals surface area contributed by atoms with Crippen molar-refractivity contribution in [3.63, 3.8) is 0 Å². The molecule has 0 saturated heterocycles. The minimum atomic E-state index is -0.777. The summed E-state index contributed by atoms with van der Waals surface area (Å²) in [6.07, 6.45) is 5.42. The van der Waals surface area contributed by atoms with E-state index < -0.39 is 11.8 Å². The third kappa shape index (κ3) is 4.73. The highest BCUT2D eigenvalue weighted by Gasteiger charge is 2.13. The summed E-state index contributed by atoms with van der Waals surface area (Å²) in [5.74, 6) is -1.46. The molecule has 1 aromatic rings. The lowest BCUT2D eigenvalue weighted by atomic mass is 10.2. The summed E-state index contributed by atoms with van der Waals surface area (Å²) in [4.78, 5) is 26.5. The number of rotatable bonds is 4. The van der Waals surface area contributed by atoms with Crippen LogP contribution in [0.2, 0.25) is 0 Å². The fourth-order valence-corrected chi connectivity index (χ4v) is 1.06. The minimum absolute atomic E-state index is 0.0348. The van der Waals surface area contributed by atoms with Gasteiger partial charge in [-0.15, -0.1) is 0 Å². The van der Waals surface area contributed by atoms with Gasteiger partial charge in [0.05, 0.1) is 6.21 Å². The topological polar surface area (TPSA) is 83.5 Å². The second kappa shape index (κ2) is 7.16. The van der Waals surface area contributed by atoms with Gasteiger partial charge < -0.3 is 5.32 Å². The van der Waals surface area contributed by atoms with E-state index in [1.54, 1.807) is 24.5 Å². The van der Waals surface area contributed by atoms with E-state index in [9.17, 15) is 9.59 Å². The molecule has 1 heterocycles. The van der Waals surface area contributed by atoms with Crippen molar-refractivity contribution < 1.29 is 9.59 Å². The Morgan fingerprint density at radius 3 is 2.67 bits per heavy atom. The van der Waals surface area contributed by atoms with Crippen LogP contribution in [0, 0.1) is 0 Å². The molecule has 0 fully saturated rings. The molecule has 1 rings (SSSR count). The average molecular weight is 248 g/mol. The fourth-order valence-electron chi connectivity index (χ4n) is 1.06. The molecule has 0 aliphatic rings. The van der Waals surface area contributed by atoms with E-state index in [-0.39, 0.29) is 6.04 Å². The number of carbonyl (C=O) groups excluding carboxylic acids is 2. The predicted octanol–water partition coefficient (Wildman–Crippen LogP) is 0.446. The molecular formula is C12H16N4O2. The molecule has 0 aliphatic heterocycles. The second-order valence-electron chi connectivity index (χ2n) is 3.76. The number of hydrogen-bond acceptors (Lipinski definition) is 4. The van der Waals surface area contributed by atoms with Gasteiger partial charge >= 0.3 is 11.8 Å². The van der Waals surface area contributed by atoms with Gasteiger partial charge in [0, 0.05) is 18.4 Å². The Bertz CT molecular complexity index is 431. The SMILES string of the molecule is CC[C@H](C)NC(=O)C(=O)N/N=C\c1ccncc1. The molecule has 0 aliphatic carbocycles. The molecule has 18 heavy (non-hydrogen) atoms. The first kappa shape index (κ1) is 13.8. The number of aromatic nitrogens is 1. The molecule has 2 N–H and O–H groups in total. The molecule has 0 unspecified atom stereocenters. The van der Waals surface area contributed by atoms with Gasteiger partial charge in [0.15, 0.2) is 0 Å². The number of hydrogen-bond donors (Lipinski definition) is 2. The van der Waals surface area contributed by atoms with E-state index >= 15 is 0 Å². The zero-order valence-electron chi connectivity index (χ0n) is 10.4. The van der Waals surface area contributed by atoms with Crippen molar-refractivity contribution in [2.75, 3.05) is 0 Å². The highest BCUT2D eigenvalue weighted by atomic mass is 16.2. The van der Waals surface area contributed by atoms with Crippen molar-refractivity contribution in [1.29, 1.82) is 0 Å². The maximum absolute atomic E-state index is 11.3. The van der Waals surface area contributed by atoms with Crippen molar-refractivity contribution in [3.05, 3.63) is 30.1 Å². The van der Waals surface area contributed by atoms with Crippen LogP contribution in [-0.2, 0) is 9.59 Å². The lowest BCUT2D eigenvalue weighted by Crippen LogP contribution is -2.41. The minimum Gasteiger partial charge on any atom is -0.345 e. The smallest absolute Gasteiger partial charge is 0.329 e. The standard InChI is InChI=1S/C12H16N4O2/c1-3-9(2)15-11(17)12(18)16-14-8-10-4-6-13-7-5-10/h4-9H,3H2,1-2H3,(H,15,17)(H,16,18)/b14-8-/t9-/m0/s1. The van der Waals surface area contributed by atoms with Gasteiger partial charge in [-0.1, -0.05) is 6.92 Å². The van der Waals surface area contributed by atoms with Gasteiger partial charge in [-0.2, -0.15) is 5.10 Å². The first-order chi connectivity index (χ1) is 8.63. The van der Waals surface area contributed by atoms with Crippen molar-refractivity contribution in [2.24, 2.45) is 5.10 Å². The monoisotopic (exact) mass is 248 g/mol. The molecule has 0 saturated carbocycles. The van der Waals surface area contributed by atoms with E-state index in [2.05, 4.69) is 20.8 Å². The number of nitrogens with zero attached hydrogens (tertiary/aromatic N) is 2. The molecule has 0 spiro atoms. The van der Waals surface area contributed by atoms with Crippen molar-refractivity contribution in [1.82, 2.24) is 15.7 Å². The van der Waals surface area contributed by atoms with Gasteiger partial charge in [0.2, 0.25) is 0 Å². The molecule has 1 aromatic heterocycles. The maximum atomic E-state index is 11.3. The van der Waals surface area contributed by atoms with Crippen LogP contribution < -0.4 is 10.7 Å². The largest absolute Gasteiger partial charge is 0.345 e. The highest BCUT2D eigenvalue weighted by Crippen LogP contribution is 1.90. The molecule has 0 radical (unpaired) electrons. The highest BCUT2D eigenvalue weighted by molar-refractivity contribution is 6.35. The van der Waals surface area contributed by atoms with Crippen LogP contribution in [0.4, 0.5) is 0 Å². The third-order valence-electron chi connectivity index (χ3n) is 2.28. The fraction of sp³-hybridized carbons (Fsp3) is 0.333. The first-order valence-electron chi connectivity index (χ1n) is 5.67. The Balaban J connectivity index is 2.41. The Hall–Kier alpha value is -2.24. The number of carbonyl (C=O) groups is 2. The van der Waals surface area contributed by atoms with Gasteiger partial charge in [-0.05, 0) is 31.0 Å². The van der Waals surface area contributed by atoms with Crippen LogP contribution >= 0.6 is 0 Å². The van der Waals surface area contributed by atoms with E-state index in [0.29, 0.717) is 0 Å². The summed E-state index contributed by atoms with van der Waals surface area (Å²) in [5, 5.41) is 6.23. The molecule has 6 heteroatoms. The quantitative estimate of drug-likeness (QED) is 0.461. The summed E-state index contributed by atoms with van der Waals surface area (Å²) in [6, 6.07) is 3.43. The van der Waals surface area contributed by atoms with Gasteiger partial charge in [-0.3, -0.25) is 14.6 Å². The summed E-state index contributed by atoms with van der Waals surface area (Å²) in [6.45, 7) is 3.75. The predicted molar refractivity (Wildman–Crippen MR) is 67.9 cm³/mol. The van der Waals surface area contributed by atoms with Crippen molar-refractivity contribution in [3.8, 4) is 0 Å². The number of hydrazone groups is 1. The van der Waals surface area contributed by atoms with Crippen molar-refractivity contribution >= 4 is 18.0 Å².